The minimum atomic E-state index is -0.411. The van der Waals surface area contributed by atoms with E-state index in [1.54, 1.807) is 24.3 Å². The largest absolute Gasteiger partial charge is 0.492 e. The van der Waals surface area contributed by atoms with E-state index in [1.807, 2.05) is 0 Å². The zero-order chi connectivity index (χ0) is 16.7. The molecule has 7 nitrogen and oxygen atoms in total. The van der Waals surface area contributed by atoms with Gasteiger partial charge in [0.15, 0.2) is 0 Å². The minimum Gasteiger partial charge on any atom is -0.492 e. The fraction of sp³-hybridized carbons (Fsp3) is 0.500. The number of carbonyl (C=O) groups is 2. The van der Waals surface area contributed by atoms with Crippen molar-refractivity contribution in [2.24, 2.45) is 5.73 Å². The Labute approximate surface area is 147 Å². The zero-order valence-electron chi connectivity index (χ0n) is 13.6. The Morgan fingerprint density at radius 3 is 2.83 bits per heavy atom. The molecule has 0 saturated carbocycles. The second-order valence-corrected chi connectivity index (χ2v) is 5.41. The van der Waals surface area contributed by atoms with Crippen LogP contribution < -0.4 is 21.1 Å². The van der Waals surface area contributed by atoms with Crippen LogP contribution in [0.2, 0.25) is 0 Å². The number of ether oxygens (including phenoxy) is 2. The van der Waals surface area contributed by atoms with Gasteiger partial charge in [-0.15, -0.1) is 12.4 Å². The van der Waals surface area contributed by atoms with Crippen molar-refractivity contribution < 1.29 is 19.1 Å². The van der Waals surface area contributed by atoms with Gasteiger partial charge in [-0.25, -0.2) is 0 Å². The Hall–Kier alpha value is -1.83. The van der Waals surface area contributed by atoms with Crippen LogP contribution in [0.3, 0.4) is 0 Å². The third-order valence-corrected chi connectivity index (χ3v) is 3.49. The summed E-state index contributed by atoms with van der Waals surface area (Å²) < 4.78 is 11.1. The summed E-state index contributed by atoms with van der Waals surface area (Å²) in [6.45, 7) is 2.61. The quantitative estimate of drug-likeness (QED) is 0.633. The minimum absolute atomic E-state index is 0. The molecule has 1 aromatic rings. The average Bonchev–Trinajstić information content (AvgIpc) is 3.00. The molecule has 2 atom stereocenters. The highest BCUT2D eigenvalue weighted by Gasteiger charge is 2.29. The monoisotopic (exact) mass is 357 g/mol. The molecule has 2 rings (SSSR count). The molecule has 1 aliphatic rings. The van der Waals surface area contributed by atoms with Crippen molar-refractivity contribution in [2.45, 2.75) is 32.0 Å². The summed E-state index contributed by atoms with van der Waals surface area (Å²) in [6.07, 6.45) is 1.10. The number of nitrogens with one attached hydrogen (secondary N) is 2. The number of hydrogen-bond acceptors (Lipinski definition) is 5. The zero-order valence-corrected chi connectivity index (χ0v) is 14.4. The maximum absolute atomic E-state index is 11.9. The Balaban J connectivity index is 0.00000288. The molecule has 0 spiro atoms. The van der Waals surface area contributed by atoms with Gasteiger partial charge in [0.05, 0.1) is 12.6 Å². The number of benzene rings is 1. The molecule has 0 unspecified atom stereocenters. The van der Waals surface area contributed by atoms with Crippen molar-refractivity contribution in [3.05, 3.63) is 24.3 Å². The number of carbonyl (C=O) groups excluding carboxylic acids is 2. The van der Waals surface area contributed by atoms with Gasteiger partial charge in [0.1, 0.15) is 18.5 Å². The Morgan fingerprint density at radius 2 is 2.17 bits per heavy atom. The van der Waals surface area contributed by atoms with Crippen LogP contribution in [0.25, 0.3) is 0 Å². The van der Waals surface area contributed by atoms with E-state index in [1.165, 1.54) is 6.92 Å². The van der Waals surface area contributed by atoms with E-state index in [0.29, 0.717) is 37.6 Å². The fourth-order valence-electron chi connectivity index (χ4n) is 2.40. The van der Waals surface area contributed by atoms with Crippen LogP contribution in [0.5, 0.6) is 5.75 Å². The Kier molecular flexibility index (Phi) is 8.53. The lowest BCUT2D eigenvalue weighted by molar-refractivity contribution is -0.131. The first-order valence-electron chi connectivity index (χ1n) is 7.72. The van der Waals surface area contributed by atoms with Gasteiger partial charge in [-0.2, -0.15) is 0 Å². The molecule has 4 N–H and O–H groups in total. The van der Waals surface area contributed by atoms with Crippen molar-refractivity contribution in [2.75, 3.05) is 25.0 Å². The summed E-state index contributed by atoms with van der Waals surface area (Å²) in [4.78, 5) is 22.9. The van der Waals surface area contributed by atoms with E-state index >= 15 is 0 Å². The molecule has 1 saturated heterocycles. The normalized spacial score (nSPS) is 19.2. The molecule has 0 aromatic heterocycles. The van der Waals surface area contributed by atoms with Gasteiger partial charge in [0.2, 0.25) is 11.8 Å². The molecule has 0 radical (unpaired) electrons. The van der Waals surface area contributed by atoms with Gasteiger partial charge >= 0.3 is 0 Å². The molecule has 1 fully saturated rings. The summed E-state index contributed by atoms with van der Waals surface area (Å²) in [5.74, 6) is 0.365. The highest BCUT2D eigenvalue weighted by molar-refractivity contribution is 5.88. The molecule has 1 aromatic carbocycles. The molecule has 8 heteroatoms. The van der Waals surface area contributed by atoms with Crippen LogP contribution in [0, 0.1) is 0 Å². The van der Waals surface area contributed by atoms with E-state index in [4.69, 9.17) is 15.2 Å². The van der Waals surface area contributed by atoms with E-state index in [9.17, 15) is 9.59 Å². The molecule has 2 amide bonds. The van der Waals surface area contributed by atoms with Crippen molar-refractivity contribution in [3.63, 3.8) is 0 Å². The Bertz CT molecular complexity index is 556. The lowest BCUT2D eigenvalue weighted by Crippen LogP contribution is -2.37. The number of nitrogens with two attached hydrogens (primary N) is 1. The smallest absolute Gasteiger partial charge is 0.249 e. The lowest BCUT2D eigenvalue weighted by atomic mass is 10.2. The van der Waals surface area contributed by atoms with Crippen molar-refractivity contribution in [1.82, 2.24) is 5.32 Å². The highest BCUT2D eigenvalue weighted by Crippen LogP contribution is 2.19. The molecule has 1 aliphatic heterocycles. The molecule has 0 aliphatic carbocycles. The average molecular weight is 358 g/mol. The second kappa shape index (κ2) is 10.1. The molecule has 24 heavy (non-hydrogen) atoms. The van der Waals surface area contributed by atoms with E-state index in [0.717, 1.165) is 6.42 Å². The summed E-state index contributed by atoms with van der Waals surface area (Å²) in [7, 11) is 0. The lowest BCUT2D eigenvalue weighted by Gasteiger charge is -2.13. The third-order valence-electron chi connectivity index (χ3n) is 3.49. The number of rotatable bonds is 7. The molecule has 134 valence electrons. The van der Waals surface area contributed by atoms with Crippen LogP contribution in [-0.4, -0.2) is 43.7 Å². The van der Waals surface area contributed by atoms with Gasteiger partial charge < -0.3 is 25.8 Å². The maximum Gasteiger partial charge on any atom is 0.249 e. The van der Waals surface area contributed by atoms with E-state index in [-0.39, 0.29) is 30.3 Å². The summed E-state index contributed by atoms with van der Waals surface area (Å²) in [5.41, 5.74) is 6.19. The number of anilines is 1. The maximum atomic E-state index is 11.9. The first-order valence-corrected chi connectivity index (χ1v) is 7.72. The van der Waals surface area contributed by atoms with Crippen molar-refractivity contribution in [3.8, 4) is 5.75 Å². The molecular weight excluding hydrogens is 334 g/mol. The summed E-state index contributed by atoms with van der Waals surface area (Å²) in [5, 5.41) is 5.47. The summed E-state index contributed by atoms with van der Waals surface area (Å²) in [6, 6.07) is 7.09. The van der Waals surface area contributed by atoms with Crippen LogP contribution in [0.1, 0.15) is 19.8 Å². The fourth-order valence-corrected chi connectivity index (χ4v) is 2.40. The number of hydrogen-bond donors (Lipinski definition) is 3. The van der Waals surface area contributed by atoms with Crippen molar-refractivity contribution in [1.29, 1.82) is 0 Å². The summed E-state index contributed by atoms with van der Waals surface area (Å²) >= 11 is 0. The predicted octanol–water partition coefficient (Wildman–Crippen LogP) is 1.07. The highest BCUT2D eigenvalue weighted by atomic mass is 35.5. The molecular formula is C16H24ClN3O4. The van der Waals surface area contributed by atoms with E-state index < -0.39 is 6.10 Å². The molecule has 0 bridgehead atoms. The van der Waals surface area contributed by atoms with E-state index in [2.05, 4.69) is 10.6 Å². The van der Waals surface area contributed by atoms with Gasteiger partial charge in [-0.3, -0.25) is 9.59 Å². The first-order chi connectivity index (χ1) is 11.1. The SMILES string of the molecule is CC(=O)Nc1cccc(OCCNC(=O)[C@@H]2CC[C@H](CN)O2)c1.Cl. The van der Waals surface area contributed by atoms with Gasteiger partial charge in [0.25, 0.3) is 0 Å². The van der Waals surface area contributed by atoms with Crippen molar-refractivity contribution >= 4 is 29.9 Å². The first kappa shape index (κ1) is 20.2. The van der Waals surface area contributed by atoms with Crippen LogP contribution in [0.4, 0.5) is 5.69 Å². The predicted molar refractivity (Wildman–Crippen MR) is 93.4 cm³/mol. The Morgan fingerprint density at radius 1 is 1.38 bits per heavy atom. The standard InChI is InChI=1S/C16H23N3O4.ClH/c1-11(20)19-12-3-2-4-13(9-12)22-8-7-18-16(21)15-6-5-14(10-17)23-15;/h2-4,9,14-15H,5-8,10,17H2,1H3,(H,18,21)(H,19,20);1H/t14-,15+;/m1./s1. The van der Waals surface area contributed by atoms with Crippen LogP contribution in [-0.2, 0) is 14.3 Å². The van der Waals surface area contributed by atoms with Crippen LogP contribution in [0.15, 0.2) is 24.3 Å². The topological polar surface area (TPSA) is 103 Å². The van der Waals surface area contributed by atoms with Gasteiger partial charge in [-0.05, 0) is 25.0 Å². The van der Waals surface area contributed by atoms with Gasteiger partial charge in [-0.1, -0.05) is 6.07 Å². The second-order valence-electron chi connectivity index (χ2n) is 5.41. The number of halogens is 1. The molecule has 1 heterocycles. The third kappa shape index (κ3) is 6.35. The van der Waals surface area contributed by atoms with Gasteiger partial charge in [0, 0.05) is 25.2 Å². The number of amides is 2. The van der Waals surface area contributed by atoms with Crippen LogP contribution >= 0.6 is 12.4 Å².